The lowest BCUT2D eigenvalue weighted by atomic mass is 10.0. The van der Waals surface area contributed by atoms with E-state index in [4.69, 9.17) is 0 Å². The molecular weight excluding hydrogens is 556 g/mol. The second-order valence-electron chi connectivity index (χ2n) is 14.6. The van der Waals surface area contributed by atoms with Crippen LogP contribution in [0.4, 0.5) is 0 Å². The average molecular weight is 635 g/mol. The monoisotopic (exact) mass is 635 g/mol. The number of carboxylic acids is 2. The summed E-state index contributed by atoms with van der Waals surface area (Å²) in [5, 5.41) is 18.5. The van der Waals surface area contributed by atoms with Crippen molar-refractivity contribution in [3.63, 3.8) is 0 Å². The van der Waals surface area contributed by atoms with Gasteiger partial charge in [-0.25, -0.2) is 9.59 Å². The first-order valence-electron chi connectivity index (χ1n) is 17.9. The Kier molecular flexibility index (Phi) is 35.8. The molecule has 44 heavy (non-hydrogen) atoms. The maximum Gasteiger partial charge on any atom is 0.362 e. The highest BCUT2D eigenvalue weighted by Gasteiger charge is 2.31. The molecule has 0 spiro atoms. The summed E-state index contributed by atoms with van der Waals surface area (Å²) < 4.78 is 1.04. The highest BCUT2D eigenvalue weighted by atomic mass is 16.4. The van der Waals surface area contributed by atoms with Crippen LogP contribution >= 0.6 is 0 Å². The Bertz CT molecular complexity index is 631. The van der Waals surface area contributed by atoms with E-state index in [0.717, 1.165) is 25.7 Å². The van der Waals surface area contributed by atoms with E-state index in [-0.39, 0.29) is 23.0 Å². The van der Waals surface area contributed by atoms with Crippen LogP contribution < -0.4 is 0 Å². The first kappa shape index (κ1) is 49.7. The van der Waals surface area contributed by atoms with E-state index in [1.54, 1.807) is 0 Å². The standard InChI is InChI=1S/C21H43NO2.C15H31NO2.2H2O/c1-5-6-7-8-9-10-11-12-13-14-15-16-17-18-19-20(21(23)24)22(2,3)4;1-5-6-7-8-9-10-11-12-13-14(15(17)18)16(2,3)4;;/h20H,5-19H2,1-4H3;14H,5-13H2,1-4H3;2*1H2. The fourth-order valence-electron chi connectivity index (χ4n) is 5.69. The minimum Gasteiger partial charge on any atom is -0.870 e. The number of rotatable bonds is 28. The van der Waals surface area contributed by atoms with Crippen molar-refractivity contribution in [2.45, 2.75) is 180 Å². The van der Waals surface area contributed by atoms with Gasteiger partial charge in [-0.3, -0.25) is 0 Å². The number of nitrogens with zero attached hydrogens (tertiary/aromatic N) is 2. The molecule has 0 aromatic carbocycles. The molecule has 2 unspecified atom stereocenters. The van der Waals surface area contributed by atoms with Crippen LogP contribution in [-0.4, -0.2) is 96.4 Å². The summed E-state index contributed by atoms with van der Waals surface area (Å²) in [4.78, 5) is 22.5. The smallest absolute Gasteiger partial charge is 0.362 e. The van der Waals surface area contributed by atoms with Crippen molar-refractivity contribution >= 4 is 11.9 Å². The van der Waals surface area contributed by atoms with Crippen molar-refractivity contribution in [1.82, 2.24) is 0 Å². The molecule has 0 aliphatic carbocycles. The first-order valence-corrected chi connectivity index (χ1v) is 17.9. The third-order valence-electron chi connectivity index (χ3n) is 8.60. The van der Waals surface area contributed by atoms with E-state index in [0.29, 0.717) is 8.97 Å². The molecule has 0 heterocycles. The zero-order chi connectivity index (χ0) is 32.3. The lowest BCUT2D eigenvalue weighted by Crippen LogP contribution is -2.49. The van der Waals surface area contributed by atoms with Gasteiger partial charge in [0.1, 0.15) is 0 Å². The van der Waals surface area contributed by atoms with Gasteiger partial charge in [-0.1, -0.05) is 142 Å². The van der Waals surface area contributed by atoms with Crippen molar-refractivity contribution in [3.05, 3.63) is 0 Å². The van der Waals surface area contributed by atoms with E-state index < -0.39 is 11.9 Å². The summed E-state index contributed by atoms with van der Waals surface area (Å²) in [7, 11) is 11.8. The van der Waals surface area contributed by atoms with Crippen LogP contribution in [0, 0.1) is 0 Å². The number of quaternary nitrogens is 2. The number of aliphatic carboxylic acids is 2. The predicted molar refractivity (Wildman–Crippen MR) is 185 cm³/mol. The summed E-state index contributed by atoms with van der Waals surface area (Å²) in [6.07, 6.45) is 30.5. The molecule has 8 heteroatoms. The number of carbonyl (C=O) groups is 2. The quantitative estimate of drug-likeness (QED) is 0.0650. The molecule has 0 aliphatic heterocycles. The molecule has 0 amide bonds. The van der Waals surface area contributed by atoms with Crippen molar-refractivity contribution in [1.29, 1.82) is 0 Å². The second-order valence-corrected chi connectivity index (χ2v) is 14.6. The van der Waals surface area contributed by atoms with Gasteiger partial charge < -0.3 is 30.1 Å². The summed E-state index contributed by atoms with van der Waals surface area (Å²) in [6.45, 7) is 4.51. The van der Waals surface area contributed by atoms with Gasteiger partial charge in [0.05, 0.1) is 42.3 Å². The third kappa shape index (κ3) is 32.2. The maximum absolute atomic E-state index is 11.3. The molecule has 4 N–H and O–H groups in total. The number of likely N-dealkylation sites (N-methyl/N-ethyl adjacent to an activating group) is 2. The van der Waals surface area contributed by atoms with E-state index in [1.807, 2.05) is 42.3 Å². The van der Waals surface area contributed by atoms with Crippen molar-refractivity contribution in [2.75, 3.05) is 42.3 Å². The molecular formula is C36H78N2O6. The van der Waals surface area contributed by atoms with E-state index in [9.17, 15) is 19.8 Å². The molecule has 0 fully saturated rings. The molecule has 0 radical (unpaired) electrons. The Morgan fingerprint density at radius 1 is 0.409 bits per heavy atom. The van der Waals surface area contributed by atoms with Gasteiger partial charge in [-0.2, -0.15) is 0 Å². The Labute approximate surface area is 273 Å². The SMILES string of the molecule is CCCCCCCCCCC(C(=O)O)[N+](C)(C)C.CCCCCCCCCCCCCCCCC(C(=O)O)[N+](C)(C)C.[OH-].[OH-]. The Morgan fingerprint density at radius 3 is 0.750 bits per heavy atom. The van der Waals surface area contributed by atoms with Crippen LogP contribution in [0.3, 0.4) is 0 Å². The van der Waals surface area contributed by atoms with Crippen LogP contribution in [0.25, 0.3) is 0 Å². The predicted octanol–water partition coefficient (Wildman–Crippen LogP) is 9.34. The number of unbranched alkanes of at least 4 members (excludes halogenated alkanes) is 20. The Morgan fingerprint density at radius 2 is 0.591 bits per heavy atom. The van der Waals surface area contributed by atoms with Gasteiger partial charge in [-0.05, 0) is 12.8 Å². The molecule has 0 aromatic rings. The molecule has 0 bridgehead atoms. The molecule has 0 saturated carbocycles. The maximum atomic E-state index is 11.3. The zero-order valence-electron chi connectivity index (χ0n) is 30.6. The molecule has 0 aromatic heterocycles. The highest BCUT2D eigenvalue weighted by molar-refractivity contribution is 5.72. The van der Waals surface area contributed by atoms with Crippen LogP contribution in [0.15, 0.2) is 0 Å². The van der Waals surface area contributed by atoms with Crippen LogP contribution in [0.1, 0.15) is 168 Å². The minimum absolute atomic E-state index is 0. The van der Waals surface area contributed by atoms with Crippen molar-refractivity contribution < 1.29 is 39.7 Å². The fourth-order valence-corrected chi connectivity index (χ4v) is 5.69. The zero-order valence-corrected chi connectivity index (χ0v) is 30.6. The summed E-state index contributed by atoms with van der Waals surface area (Å²) in [6, 6.07) is -0.521. The molecule has 0 saturated heterocycles. The van der Waals surface area contributed by atoms with Gasteiger partial charge in [0.2, 0.25) is 0 Å². The number of carboxylic acid groups (broad SMARTS) is 2. The van der Waals surface area contributed by atoms with Gasteiger partial charge in [-0.15, -0.1) is 0 Å². The van der Waals surface area contributed by atoms with Crippen LogP contribution in [0.2, 0.25) is 0 Å². The van der Waals surface area contributed by atoms with Crippen molar-refractivity contribution in [2.24, 2.45) is 0 Å². The van der Waals surface area contributed by atoms with Crippen molar-refractivity contribution in [3.8, 4) is 0 Å². The Balaban J connectivity index is -0.000000361. The van der Waals surface area contributed by atoms with Gasteiger partial charge in [0.25, 0.3) is 0 Å². The average Bonchev–Trinajstić information content (AvgIpc) is 2.88. The lowest BCUT2D eigenvalue weighted by Gasteiger charge is -2.31. The molecule has 268 valence electrons. The Hall–Kier alpha value is -1.22. The first-order chi connectivity index (χ1) is 19.8. The van der Waals surface area contributed by atoms with E-state index in [2.05, 4.69) is 13.8 Å². The van der Waals surface area contributed by atoms with Gasteiger partial charge in [0.15, 0.2) is 12.1 Å². The summed E-state index contributed by atoms with van der Waals surface area (Å²) in [5.74, 6) is -1.32. The highest BCUT2D eigenvalue weighted by Crippen LogP contribution is 2.17. The van der Waals surface area contributed by atoms with E-state index in [1.165, 1.54) is 128 Å². The molecule has 8 nitrogen and oxygen atoms in total. The van der Waals surface area contributed by atoms with Crippen LogP contribution in [-0.2, 0) is 9.59 Å². The number of hydrogen-bond acceptors (Lipinski definition) is 4. The minimum atomic E-state index is -0.662. The van der Waals surface area contributed by atoms with E-state index >= 15 is 0 Å². The normalized spacial score (nSPS) is 12.7. The molecule has 2 atom stereocenters. The number of hydrogen-bond donors (Lipinski definition) is 2. The molecule has 0 rings (SSSR count). The lowest BCUT2D eigenvalue weighted by molar-refractivity contribution is -0.887. The largest absolute Gasteiger partial charge is 0.870 e. The summed E-state index contributed by atoms with van der Waals surface area (Å²) in [5.41, 5.74) is 0. The fraction of sp³-hybridized carbons (Fsp3) is 0.944. The summed E-state index contributed by atoms with van der Waals surface area (Å²) >= 11 is 0. The van der Waals surface area contributed by atoms with Crippen LogP contribution in [0.5, 0.6) is 0 Å². The van der Waals surface area contributed by atoms with Gasteiger partial charge in [0, 0.05) is 12.8 Å². The molecule has 0 aliphatic rings. The topological polar surface area (TPSA) is 135 Å². The van der Waals surface area contributed by atoms with Gasteiger partial charge >= 0.3 is 11.9 Å². The third-order valence-corrected chi connectivity index (χ3v) is 8.60. The second kappa shape index (κ2) is 31.7.